The van der Waals surface area contributed by atoms with Gasteiger partial charge in [0.05, 0.1) is 0 Å². The van der Waals surface area contributed by atoms with E-state index in [4.69, 9.17) is 0 Å². The maximum Gasteiger partial charge on any atom is 0.463 e. The maximum absolute atomic E-state index is 12.7. The fraction of sp³-hybridized carbons (Fsp3) is 0.273. The molecular formula is C11H9F5N2O3. The van der Waals surface area contributed by atoms with Gasteiger partial charge in [0.25, 0.3) is 0 Å². The monoisotopic (exact) mass is 312 g/mol. The lowest BCUT2D eigenvalue weighted by molar-refractivity contribution is -0.267. The summed E-state index contributed by atoms with van der Waals surface area (Å²) < 4.78 is 66.1. The van der Waals surface area contributed by atoms with Crippen molar-refractivity contribution in [2.24, 2.45) is 0 Å². The number of benzene rings is 1. The predicted molar refractivity (Wildman–Crippen MR) is 61.2 cm³/mol. The largest absolute Gasteiger partial charge is 0.463 e. The van der Waals surface area contributed by atoms with Crippen molar-refractivity contribution in [1.82, 2.24) is 5.32 Å². The molecule has 21 heavy (non-hydrogen) atoms. The number of amides is 2. The van der Waals surface area contributed by atoms with Gasteiger partial charge in [-0.25, -0.2) is 4.79 Å². The number of halogens is 5. The molecular weight excluding hydrogens is 303 g/mol. The highest BCUT2D eigenvalue weighted by Crippen LogP contribution is 2.36. The van der Waals surface area contributed by atoms with E-state index in [0.29, 0.717) is 0 Å². The van der Waals surface area contributed by atoms with E-state index in [1.165, 1.54) is 24.5 Å². The third kappa shape index (κ3) is 4.04. The first-order valence-corrected chi connectivity index (χ1v) is 5.33. The summed E-state index contributed by atoms with van der Waals surface area (Å²) in [5, 5.41) is 3.50. The third-order valence-electron chi connectivity index (χ3n) is 2.15. The van der Waals surface area contributed by atoms with E-state index in [2.05, 4.69) is 10.1 Å². The number of anilines is 1. The first-order valence-electron chi connectivity index (χ1n) is 5.33. The Bertz CT molecular complexity index is 545. The summed E-state index contributed by atoms with van der Waals surface area (Å²) in [6, 6.07) is 4.41. The molecule has 5 nitrogen and oxygen atoms in total. The van der Waals surface area contributed by atoms with E-state index in [-0.39, 0.29) is 11.4 Å². The zero-order valence-electron chi connectivity index (χ0n) is 10.4. The Kier molecular flexibility index (Phi) is 4.71. The van der Waals surface area contributed by atoms with Gasteiger partial charge in [-0.2, -0.15) is 22.0 Å². The fourth-order valence-corrected chi connectivity index (χ4v) is 1.13. The van der Waals surface area contributed by atoms with E-state index in [9.17, 15) is 31.5 Å². The molecule has 0 radical (unpaired) electrons. The Hall–Kier alpha value is -2.39. The first-order chi connectivity index (χ1) is 9.57. The van der Waals surface area contributed by atoms with Crippen LogP contribution in [0.15, 0.2) is 24.3 Å². The van der Waals surface area contributed by atoms with Gasteiger partial charge in [0.2, 0.25) is 0 Å². The second kappa shape index (κ2) is 5.94. The highest BCUT2D eigenvalue weighted by molar-refractivity contribution is 5.96. The van der Waals surface area contributed by atoms with Crippen LogP contribution in [0.25, 0.3) is 0 Å². The Morgan fingerprint density at radius 1 is 1.14 bits per heavy atom. The molecule has 0 unspecified atom stereocenters. The lowest BCUT2D eigenvalue weighted by Gasteiger charge is -2.18. The van der Waals surface area contributed by atoms with Crippen molar-refractivity contribution in [2.75, 3.05) is 12.4 Å². The van der Waals surface area contributed by atoms with Crippen LogP contribution in [0.4, 0.5) is 32.4 Å². The smallest absolute Gasteiger partial charge is 0.410 e. The van der Waals surface area contributed by atoms with Crippen molar-refractivity contribution in [3.8, 4) is 5.75 Å². The molecule has 0 spiro atoms. The van der Waals surface area contributed by atoms with Gasteiger partial charge in [0.1, 0.15) is 5.75 Å². The molecule has 10 heteroatoms. The summed E-state index contributed by atoms with van der Waals surface area (Å²) in [5.74, 6) is -8.22. The number of hydrogen-bond donors (Lipinski definition) is 2. The second-order valence-corrected chi connectivity index (χ2v) is 3.69. The molecule has 0 saturated heterocycles. The normalized spacial score (nSPS) is 11.7. The average Bonchev–Trinajstić information content (AvgIpc) is 2.37. The van der Waals surface area contributed by atoms with Gasteiger partial charge in [0, 0.05) is 18.8 Å². The van der Waals surface area contributed by atoms with E-state index < -0.39 is 24.1 Å². The molecule has 0 aromatic heterocycles. The molecule has 0 saturated carbocycles. The quantitative estimate of drug-likeness (QED) is 0.843. The molecule has 2 amide bonds. The molecule has 0 aliphatic rings. The average molecular weight is 312 g/mol. The van der Waals surface area contributed by atoms with Gasteiger partial charge in [-0.05, 0) is 12.1 Å². The van der Waals surface area contributed by atoms with Crippen LogP contribution in [0.3, 0.4) is 0 Å². The van der Waals surface area contributed by atoms with Gasteiger partial charge in [-0.15, -0.1) is 0 Å². The highest BCUT2D eigenvalue weighted by Gasteiger charge is 2.63. The second-order valence-electron chi connectivity index (χ2n) is 3.69. The lowest BCUT2D eigenvalue weighted by atomic mass is 10.2. The van der Waals surface area contributed by atoms with Gasteiger partial charge < -0.3 is 15.4 Å². The number of alkyl halides is 5. The van der Waals surface area contributed by atoms with Crippen LogP contribution in [0.2, 0.25) is 0 Å². The molecule has 2 N–H and O–H groups in total. The maximum atomic E-state index is 12.7. The van der Waals surface area contributed by atoms with Crippen molar-refractivity contribution < 1.29 is 36.3 Å². The van der Waals surface area contributed by atoms with E-state index in [1.54, 1.807) is 0 Å². The number of carbonyl (C=O) groups is 2. The van der Waals surface area contributed by atoms with Crippen molar-refractivity contribution in [3.63, 3.8) is 0 Å². The van der Waals surface area contributed by atoms with Gasteiger partial charge >= 0.3 is 24.1 Å². The Morgan fingerprint density at radius 2 is 1.76 bits per heavy atom. The molecule has 0 aliphatic carbocycles. The molecule has 0 aliphatic heterocycles. The van der Waals surface area contributed by atoms with Crippen molar-refractivity contribution in [1.29, 1.82) is 0 Å². The minimum atomic E-state index is -6.01. The summed E-state index contributed by atoms with van der Waals surface area (Å²) in [5.41, 5.74) is -0.384. The fourth-order valence-electron chi connectivity index (χ4n) is 1.13. The summed E-state index contributed by atoms with van der Waals surface area (Å²) in [6.45, 7) is 0. The van der Waals surface area contributed by atoms with Crippen LogP contribution in [-0.4, -0.2) is 31.1 Å². The van der Waals surface area contributed by atoms with E-state index >= 15 is 0 Å². The minimum Gasteiger partial charge on any atom is -0.410 e. The number of nitrogens with one attached hydrogen (secondary N) is 2. The van der Waals surface area contributed by atoms with Gasteiger partial charge in [-0.1, -0.05) is 6.07 Å². The Morgan fingerprint density at radius 3 is 2.29 bits per heavy atom. The number of hydrogen-bond acceptors (Lipinski definition) is 3. The molecule has 0 atom stereocenters. The van der Waals surface area contributed by atoms with Crippen molar-refractivity contribution in [3.05, 3.63) is 24.3 Å². The molecule has 0 bridgehead atoms. The zero-order valence-corrected chi connectivity index (χ0v) is 10.4. The van der Waals surface area contributed by atoms with Crippen molar-refractivity contribution >= 4 is 17.7 Å². The minimum absolute atomic E-state index is 0.150. The predicted octanol–water partition coefficient (Wildman–Crippen LogP) is 2.54. The SMILES string of the molecule is CNC(=O)Oc1cccc(NC(=O)C(F)(F)C(F)(F)F)c1. The molecule has 1 aromatic rings. The van der Waals surface area contributed by atoms with E-state index in [0.717, 1.165) is 12.1 Å². The zero-order chi connectivity index (χ0) is 16.3. The molecule has 1 rings (SSSR count). The molecule has 0 heterocycles. The molecule has 1 aromatic carbocycles. The number of carbonyl (C=O) groups excluding carboxylic acids is 2. The number of rotatable bonds is 3. The van der Waals surface area contributed by atoms with Gasteiger partial charge in [-0.3, -0.25) is 4.79 Å². The Labute approximate surface area is 115 Å². The summed E-state index contributed by atoms with van der Waals surface area (Å²) in [7, 11) is 1.26. The van der Waals surface area contributed by atoms with Crippen LogP contribution in [0.5, 0.6) is 5.75 Å². The van der Waals surface area contributed by atoms with Gasteiger partial charge in [0.15, 0.2) is 0 Å². The first kappa shape index (κ1) is 16.7. The summed E-state index contributed by atoms with van der Waals surface area (Å²) in [4.78, 5) is 21.9. The Balaban J connectivity index is 2.87. The van der Waals surface area contributed by atoms with Crippen LogP contribution in [0.1, 0.15) is 0 Å². The standard InChI is InChI=1S/C11H9F5N2O3/c1-17-9(20)21-7-4-2-3-6(5-7)18-8(19)10(12,13)11(14,15)16/h2-5H,1H3,(H,17,20)(H,18,19). The third-order valence-corrected chi connectivity index (χ3v) is 2.15. The topological polar surface area (TPSA) is 67.4 Å². The van der Waals surface area contributed by atoms with Crippen LogP contribution in [-0.2, 0) is 4.79 Å². The highest BCUT2D eigenvalue weighted by atomic mass is 19.4. The summed E-state index contributed by atoms with van der Waals surface area (Å²) in [6.07, 6.45) is -6.88. The molecule has 0 fully saturated rings. The summed E-state index contributed by atoms with van der Waals surface area (Å²) >= 11 is 0. The van der Waals surface area contributed by atoms with Crippen LogP contribution < -0.4 is 15.4 Å². The lowest BCUT2D eigenvalue weighted by Crippen LogP contribution is -2.47. The van der Waals surface area contributed by atoms with Crippen LogP contribution in [0, 0.1) is 0 Å². The number of ether oxygens (including phenoxy) is 1. The van der Waals surface area contributed by atoms with E-state index in [1.807, 2.05) is 0 Å². The van der Waals surface area contributed by atoms with Crippen LogP contribution >= 0.6 is 0 Å². The molecule has 116 valence electrons. The van der Waals surface area contributed by atoms with Crippen molar-refractivity contribution in [2.45, 2.75) is 12.1 Å².